The molecule has 0 bridgehead atoms. The molecule has 3 unspecified atom stereocenters. The maximum atomic E-state index is 12.2. The molecule has 136 valence electrons. The fourth-order valence-electron chi connectivity index (χ4n) is 8.10. The van der Waals surface area contributed by atoms with E-state index in [4.69, 9.17) is 0 Å². The highest BCUT2D eigenvalue weighted by atomic mass is 16.3. The number of rotatable bonds is 1. The third-order valence-corrected chi connectivity index (χ3v) is 9.44. The van der Waals surface area contributed by atoms with Crippen LogP contribution >= 0.6 is 0 Å². The van der Waals surface area contributed by atoms with Gasteiger partial charge in [-0.15, -0.1) is 0 Å². The first-order chi connectivity index (χ1) is 11.2. The standard InChI is InChI=1S/C22H36O2/c1-14(23)17-7-8-18-16-6-5-15-13-20(2,24)11-12-21(15,3)19(16)9-10-22(17,18)4/h15-19,24H,5-13H2,1-4H3/t15-,16?,17?,18-,19?,20+,21-,22+/m0/s1. The second-order valence-electron chi connectivity index (χ2n) is 10.6. The lowest BCUT2D eigenvalue weighted by atomic mass is 9.44. The second kappa shape index (κ2) is 5.32. The van der Waals surface area contributed by atoms with Gasteiger partial charge in [0.05, 0.1) is 5.60 Å². The third-order valence-electron chi connectivity index (χ3n) is 9.44. The zero-order chi connectivity index (χ0) is 17.3. The Bertz CT molecular complexity index is 538. The average molecular weight is 333 g/mol. The van der Waals surface area contributed by atoms with E-state index in [2.05, 4.69) is 13.8 Å². The largest absolute Gasteiger partial charge is 0.390 e. The molecule has 0 heterocycles. The van der Waals surface area contributed by atoms with Crippen LogP contribution < -0.4 is 0 Å². The molecular formula is C22H36O2. The molecule has 4 saturated carbocycles. The number of fused-ring (bicyclic) bond motifs is 5. The van der Waals surface area contributed by atoms with E-state index in [9.17, 15) is 9.90 Å². The van der Waals surface area contributed by atoms with Crippen LogP contribution in [0.25, 0.3) is 0 Å². The molecule has 24 heavy (non-hydrogen) atoms. The van der Waals surface area contributed by atoms with E-state index >= 15 is 0 Å². The fourth-order valence-corrected chi connectivity index (χ4v) is 8.10. The van der Waals surface area contributed by atoms with Crippen LogP contribution in [0.5, 0.6) is 0 Å². The second-order valence-corrected chi connectivity index (χ2v) is 10.6. The van der Waals surface area contributed by atoms with E-state index in [1.165, 1.54) is 38.5 Å². The zero-order valence-electron chi connectivity index (χ0n) is 16.1. The molecule has 2 nitrogen and oxygen atoms in total. The van der Waals surface area contributed by atoms with Crippen LogP contribution in [0.4, 0.5) is 0 Å². The number of ketones is 1. The average Bonchev–Trinajstić information content (AvgIpc) is 2.85. The molecule has 0 aromatic rings. The number of aliphatic hydroxyl groups is 1. The van der Waals surface area contributed by atoms with Gasteiger partial charge in [-0.1, -0.05) is 13.8 Å². The lowest BCUT2D eigenvalue weighted by Gasteiger charge is -2.61. The van der Waals surface area contributed by atoms with E-state index in [0.29, 0.717) is 23.0 Å². The van der Waals surface area contributed by atoms with Crippen molar-refractivity contribution in [2.24, 2.45) is 40.4 Å². The van der Waals surface area contributed by atoms with Gasteiger partial charge in [0, 0.05) is 5.92 Å². The summed E-state index contributed by atoms with van der Waals surface area (Å²) in [5, 5.41) is 10.6. The van der Waals surface area contributed by atoms with Gasteiger partial charge in [-0.3, -0.25) is 4.79 Å². The lowest BCUT2D eigenvalue weighted by molar-refractivity contribution is -0.150. The monoisotopic (exact) mass is 332 g/mol. The molecule has 0 radical (unpaired) electrons. The summed E-state index contributed by atoms with van der Waals surface area (Å²) in [6.07, 6.45) is 10.8. The molecule has 0 aliphatic heterocycles. The highest BCUT2D eigenvalue weighted by molar-refractivity contribution is 5.79. The summed E-state index contributed by atoms with van der Waals surface area (Å²) in [5.74, 6) is 3.89. The molecule has 0 spiro atoms. The van der Waals surface area contributed by atoms with Crippen LogP contribution in [0.2, 0.25) is 0 Å². The Kier molecular flexibility index (Phi) is 3.78. The summed E-state index contributed by atoms with van der Waals surface area (Å²) in [5.41, 5.74) is 0.268. The Balaban J connectivity index is 1.61. The van der Waals surface area contributed by atoms with Crippen LogP contribution in [0, 0.1) is 40.4 Å². The number of carbonyl (C=O) groups excluding carboxylic acids is 1. The predicted octanol–water partition coefficient (Wildman–Crippen LogP) is 4.99. The van der Waals surface area contributed by atoms with Crippen molar-refractivity contribution < 1.29 is 9.90 Å². The molecule has 8 atom stereocenters. The maximum absolute atomic E-state index is 12.2. The number of Topliss-reactive ketones (excluding diaryl/α,β-unsaturated/α-hetero) is 1. The van der Waals surface area contributed by atoms with Crippen LogP contribution in [0.3, 0.4) is 0 Å². The Hall–Kier alpha value is -0.370. The van der Waals surface area contributed by atoms with Crippen LogP contribution in [-0.4, -0.2) is 16.5 Å². The number of hydrogen-bond donors (Lipinski definition) is 1. The van der Waals surface area contributed by atoms with Gasteiger partial charge < -0.3 is 5.11 Å². The predicted molar refractivity (Wildman–Crippen MR) is 96.5 cm³/mol. The minimum atomic E-state index is -0.437. The molecular weight excluding hydrogens is 296 g/mol. The van der Waals surface area contributed by atoms with Gasteiger partial charge in [-0.25, -0.2) is 0 Å². The van der Waals surface area contributed by atoms with Gasteiger partial charge in [0.25, 0.3) is 0 Å². The molecule has 4 rings (SSSR count). The van der Waals surface area contributed by atoms with E-state index < -0.39 is 5.60 Å². The Morgan fingerprint density at radius 3 is 2.29 bits per heavy atom. The maximum Gasteiger partial charge on any atom is 0.133 e. The minimum absolute atomic E-state index is 0.274. The Labute approximate surface area is 147 Å². The highest BCUT2D eigenvalue weighted by Crippen LogP contribution is 2.68. The first kappa shape index (κ1) is 17.1. The third kappa shape index (κ3) is 2.27. The van der Waals surface area contributed by atoms with Crippen LogP contribution in [-0.2, 0) is 4.79 Å². The highest BCUT2D eigenvalue weighted by Gasteiger charge is 2.61. The van der Waals surface area contributed by atoms with Crippen molar-refractivity contribution >= 4 is 5.78 Å². The molecule has 0 aromatic carbocycles. The van der Waals surface area contributed by atoms with Crippen LogP contribution in [0.1, 0.15) is 85.5 Å². The minimum Gasteiger partial charge on any atom is -0.390 e. The van der Waals surface area contributed by atoms with Crippen molar-refractivity contribution in [1.29, 1.82) is 0 Å². The van der Waals surface area contributed by atoms with Crippen molar-refractivity contribution in [3.8, 4) is 0 Å². The SMILES string of the molecule is CC(=O)C1CC[C@H]2C3CC[C@H]4C[C@](C)(O)CC[C@]4(C)C3CC[C@]12C. The van der Waals surface area contributed by atoms with Crippen LogP contribution in [0.15, 0.2) is 0 Å². The van der Waals surface area contributed by atoms with E-state index in [1.807, 2.05) is 13.8 Å². The quantitative estimate of drug-likeness (QED) is 0.735. The summed E-state index contributed by atoms with van der Waals surface area (Å²) >= 11 is 0. The smallest absolute Gasteiger partial charge is 0.133 e. The molecule has 1 N–H and O–H groups in total. The van der Waals surface area contributed by atoms with Crippen molar-refractivity contribution in [1.82, 2.24) is 0 Å². The van der Waals surface area contributed by atoms with Gasteiger partial charge in [-0.05, 0) is 106 Å². The summed E-state index contributed by atoms with van der Waals surface area (Å²) < 4.78 is 0. The zero-order valence-corrected chi connectivity index (χ0v) is 16.1. The van der Waals surface area contributed by atoms with Crippen molar-refractivity contribution in [3.05, 3.63) is 0 Å². The van der Waals surface area contributed by atoms with Gasteiger partial charge in [-0.2, -0.15) is 0 Å². The Morgan fingerprint density at radius 1 is 0.875 bits per heavy atom. The van der Waals surface area contributed by atoms with Gasteiger partial charge in [0.1, 0.15) is 5.78 Å². The molecule has 2 heteroatoms. The van der Waals surface area contributed by atoms with E-state index in [-0.39, 0.29) is 5.41 Å². The summed E-state index contributed by atoms with van der Waals surface area (Å²) in [4.78, 5) is 12.2. The topological polar surface area (TPSA) is 37.3 Å². The lowest BCUT2D eigenvalue weighted by Crippen LogP contribution is -2.55. The van der Waals surface area contributed by atoms with E-state index in [0.717, 1.165) is 37.0 Å². The molecule has 0 amide bonds. The summed E-state index contributed by atoms with van der Waals surface area (Å²) in [6.45, 7) is 8.85. The Morgan fingerprint density at radius 2 is 1.58 bits per heavy atom. The molecule has 0 saturated heterocycles. The molecule has 4 fully saturated rings. The fraction of sp³-hybridized carbons (Fsp3) is 0.955. The van der Waals surface area contributed by atoms with E-state index in [1.54, 1.807) is 0 Å². The van der Waals surface area contributed by atoms with Crippen molar-refractivity contribution in [2.75, 3.05) is 0 Å². The number of hydrogen-bond acceptors (Lipinski definition) is 2. The first-order valence-corrected chi connectivity index (χ1v) is 10.4. The van der Waals surface area contributed by atoms with Crippen molar-refractivity contribution in [3.63, 3.8) is 0 Å². The molecule has 4 aliphatic carbocycles. The molecule has 4 aliphatic rings. The normalized spacial score (nSPS) is 57.0. The van der Waals surface area contributed by atoms with Gasteiger partial charge in [0.15, 0.2) is 0 Å². The van der Waals surface area contributed by atoms with Gasteiger partial charge in [0.2, 0.25) is 0 Å². The summed E-state index contributed by atoms with van der Waals surface area (Å²) in [7, 11) is 0. The molecule has 0 aromatic heterocycles. The summed E-state index contributed by atoms with van der Waals surface area (Å²) in [6, 6.07) is 0. The van der Waals surface area contributed by atoms with Crippen molar-refractivity contribution in [2.45, 2.75) is 91.1 Å². The number of carbonyl (C=O) groups is 1. The van der Waals surface area contributed by atoms with Gasteiger partial charge >= 0.3 is 0 Å². The first-order valence-electron chi connectivity index (χ1n) is 10.4.